The van der Waals surface area contributed by atoms with Crippen LogP contribution in [0.2, 0.25) is 0 Å². The fraction of sp³-hybridized carbons (Fsp3) is 0.478. The molecule has 1 fully saturated rings. The molecule has 0 bridgehead atoms. The van der Waals surface area contributed by atoms with E-state index in [1.807, 2.05) is 26.0 Å². The van der Waals surface area contributed by atoms with Crippen molar-refractivity contribution < 1.29 is 26.4 Å². The molecule has 0 atom stereocenters. The maximum Gasteiger partial charge on any atom is 0.417 e. The van der Waals surface area contributed by atoms with Crippen LogP contribution in [0.5, 0.6) is 0 Å². The van der Waals surface area contributed by atoms with Crippen LogP contribution < -0.4 is 10.2 Å². The number of aromatic nitrogens is 1. The molecular formula is C23H29F3N4O3S. The third-order valence-corrected chi connectivity index (χ3v) is 7.96. The zero-order chi connectivity index (χ0) is 24.9. The van der Waals surface area contributed by atoms with E-state index in [0.717, 1.165) is 47.0 Å². The second kappa shape index (κ2) is 10.7. The van der Waals surface area contributed by atoms with Crippen molar-refractivity contribution in [2.24, 2.45) is 5.92 Å². The molecule has 0 saturated carbocycles. The van der Waals surface area contributed by atoms with Gasteiger partial charge in [-0.25, -0.2) is 13.4 Å². The van der Waals surface area contributed by atoms with Gasteiger partial charge in [0.05, 0.1) is 10.5 Å². The summed E-state index contributed by atoms with van der Waals surface area (Å²) in [5, 5.41) is 2.85. The molecule has 0 spiro atoms. The third kappa shape index (κ3) is 5.87. The van der Waals surface area contributed by atoms with E-state index in [1.54, 1.807) is 6.20 Å². The van der Waals surface area contributed by atoms with Crippen LogP contribution in [-0.2, 0) is 27.5 Å². The molecule has 0 radical (unpaired) electrons. The van der Waals surface area contributed by atoms with Crippen LogP contribution in [0, 0.1) is 5.92 Å². The molecule has 11 heteroatoms. The number of carbonyl (C=O) groups excluding carboxylic acids is 1. The molecular weight excluding hydrogens is 469 g/mol. The Morgan fingerprint density at radius 1 is 1.12 bits per heavy atom. The van der Waals surface area contributed by atoms with Gasteiger partial charge in [-0.1, -0.05) is 18.2 Å². The lowest BCUT2D eigenvalue weighted by Crippen LogP contribution is -2.43. The van der Waals surface area contributed by atoms with Crippen molar-refractivity contribution in [1.29, 1.82) is 0 Å². The maximum absolute atomic E-state index is 13.3. The van der Waals surface area contributed by atoms with Gasteiger partial charge < -0.3 is 10.2 Å². The number of rotatable bonds is 8. The van der Waals surface area contributed by atoms with E-state index in [-0.39, 0.29) is 31.8 Å². The standard InChI is InChI=1S/C23H29F3N4O3S/c1-3-29(4-2)21-10-9-17(15-27-21)16-28-22(31)18-11-13-30(14-12-18)34(32,33)20-8-6-5-7-19(20)23(24,25)26/h5-10,15,18H,3-4,11-14,16H2,1-2H3,(H,28,31). The molecule has 1 aliphatic heterocycles. The zero-order valence-corrected chi connectivity index (χ0v) is 20.0. The minimum absolute atomic E-state index is 0.0211. The highest BCUT2D eigenvalue weighted by Gasteiger charge is 2.40. The molecule has 3 rings (SSSR count). The van der Waals surface area contributed by atoms with E-state index in [4.69, 9.17) is 0 Å². The molecule has 1 saturated heterocycles. The molecule has 186 valence electrons. The number of halogens is 3. The fourth-order valence-corrected chi connectivity index (χ4v) is 5.69. The molecule has 1 aliphatic rings. The number of pyridine rings is 1. The Hall–Kier alpha value is -2.66. The average molecular weight is 499 g/mol. The first kappa shape index (κ1) is 26.0. The second-order valence-electron chi connectivity index (χ2n) is 8.09. The molecule has 7 nitrogen and oxygen atoms in total. The lowest BCUT2D eigenvalue weighted by molar-refractivity contribution is -0.139. The number of amides is 1. The van der Waals surface area contributed by atoms with E-state index in [0.29, 0.717) is 6.54 Å². The van der Waals surface area contributed by atoms with Crippen molar-refractivity contribution in [3.8, 4) is 0 Å². The van der Waals surface area contributed by atoms with E-state index in [2.05, 4.69) is 15.2 Å². The largest absolute Gasteiger partial charge is 0.417 e. The number of carbonyl (C=O) groups is 1. The summed E-state index contributed by atoms with van der Waals surface area (Å²) < 4.78 is 66.7. The SMILES string of the molecule is CCN(CC)c1ccc(CNC(=O)C2CCN(S(=O)(=O)c3ccccc3C(F)(F)F)CC2)cn1. The summed E-state index contributed by atoms with van der Waals surface area (Å²) in [7, 11) is -4.33. The zero-order valence-electron chi connectivity index (χ0n) is 19.2. The minimum atomic E-state index is -4.78. The van der Waals surface area contributed by atoms with Crippen molar-refractivity contribution in [1.82, 2.24) is 14.6 Å². The molecule has 0 aliphatic carbocycles. The number of piperidine rings is 1. The Labute approximate surface area is 198 Å². The van der Waals surface area contributed by atoms with Crippen LogP contribution in [-0.4, -0.2) is 49.8 Å². The number of nitrogens with zero attached hydrogens (tertiary/aromatic N) is 3. The van der Waals surface area contributed by atoms with E-state index in [1.165, 1.54) is 6.07 Å². The van der Waals surface area contributed by atoms with Crippen LogP contribution >= 0.6 is 0 Å². The van der Waals surface area contributed by atoms with E-state index < -0.39 is 32.6 Å². The smallest absolute Gasteiger partial charge is 0.357 e. The molecule has 0 unspecified atom stereocenters. The van der Waals surface area contributed by atoms with Crippen LogP contribution in [0.4, 0.5) is 19.0 Å². The fourth-order valence-electron chi connectivity index (χ4n) is 4.01. The van der Waals surface area contributed by atoms with Crippen LogP contribution in [0.25, 0.3) is 0 Å². The number of nitrogens with one attached hydrogen (secondary N) is 1. The molecule has 1 amide bonds. The quantitative estimate of drug-likeness (QED) is 0.601. The number of benzene rings is 1. The number of alkyl halides is 3. The van der Waals surface area contributed by atoms with Crippen molar-refractivity contribution in [2.75, 3.05) is 31.1 Å². The lowest BCUT2D eigenvalue weighted by atomic mass is 9.97. The maximum atomic E-state index is 13.3. The van der Waals surface area contributed by atoms with Crippen molar-refractivity contribution in [3.05, 3.63) is 53.7 Å². The first-order valence-electron chi connectivity index (χ1n) is 11.2. The van der Waals surface area contributed by atoms with Crippen LogP contribution in [0.3, 0.4) is 0 Å². The number of sulfonamides is 1. The molecule has 1 N–H and O–H groups in total. The van der Waals surface area contributed by atoms with Crippen molar-refractivity contribution in [3.63, 3.8) is 0 Å². The van der Waals surface area contributed by atoms with Gasteiger partial charge in [0, 0.05) is 44.8 Å². The highest BCUT2D eigenvalue weighted by Crippen LogP contribution is 2.36. The Kier molecular flexibility index (Phi) is 8.19. The summed E-state index contributed by atoms with van der Waals surface area (Å²) in [4.78, 5) is 18.4. The second-order valence-corrected chi connectivity index (χ2v) is 9.99. The summed E-state index contributed by atoms with van der Waals surface area (Å²) in [5.41, 5.74) is -0.344. The molecule has 1 aromatic carbocycles. The van der Waals surface area contributed by atoms with Gasteiger partial charge in [0.1, 0.15) is 5.82 Å². The van der Waals surface area contributed by atoms with Crippen molar-refractivity contribution in [2.45, 2.75) is 44.3 Å². The molecule has 34 heavy (non-hydrogen) atoms. The number of hydrogen-bond donors (Lipinski definition) is 1. The van der Waals surface area contributed by atoms with Crippen LogP contribution in [0.1, 0.15) is 37.8 Å². The van der Waals surface area contributed by atoms with E-state index >= 15 is 0 Å². The highest BCUT2D eigenvalue weighted by atomic mass is 32.2. The van der Waals surface area contributed by atoms with Crippen molar-refractivity contribution >= 4 is 21.7 Å². The first-order valence-corrected chi connectivity index (χ1v) is 12.7. The molecule has 2 aromatic rings. The van der Waals surface area contributed by atoms with Gasteiger partial charge in [-0.2, -0.15) is 17.5 Å². The highest BCUT2D eigenvalue weighted by molar-refractivity contribution is 7.89. The van der Waals surface area contributed by atoms with Gasteiger partial charge in [0.2, 0.25) is 15.9 Å². The Morgan fingerprint density at radius 3 is 2.32 bits per heavy atom. The minimum Gasteiger partial charge on any atom is -0.357 e. The summed E-state index contributed by atoms with van der Waals surface area (Å²) in [6.07, 6.45) is -2.60. The predicted molar refractivity (Wildman–Crippen MR) is 123 cm³/mol. The van der Waals surface area contributed by atoms with Gasteiger partial charge in [0.25, 0.3) is 0 Å². The average Bonchev–Trinajstić information content (AvgIpc) is 2.83. The van der Waals surface area contributed by atoms with Crippen LogP contribution in [0.15, 0.2) is 47.5 Å². The van der Waals surface area contributed by atoms with Gasteiger partial charge in [-0.05, 0) is 50.5 Å². The molecule has 2 heterocycles. The third-order valence-electron chi connectivity index (χ3n) is 6.00. The number of hydrogen-bond acceptors (Lipinski definition) is 5. The first-order chi connectivity index (χ1) is 16.1. The normalized spacial score (nSPS) is 15.8. The summed E-state index contributed by atoms with van der Waals surface area (Å²) in [6.45, 7) is 6.03. The summed E-state index contributed by atoms with van der Waals surface area (Å²) in [5.74, 6) is 0.244. The van der Waals surface area contributed by atoms with Gasteiger partial charge in [-0.3, -0.25) is 4.79 Å². The number of anilines is 1. The Bertz CT molecular complexity index is 1080. The Morgan fingerprint density at radius 2 is 1.76 bits per heavy atom. The molecule has 1 aromatic heterocycles. The summed E-state index contributed by atoms with van der Waals surface area (Å²) >= 11 is 0. The predicted octanol–water partition coefficient (Wildman–Crippen LogP) is 3.66. The van der Waals surface area contributed by atoms with Gasteiger partial charge in [0.15, 0.2) is 0 Å². The Balaban J connectivity index is 1.57. The summed E-state index contributed by atoms with van der Waals surface area (Å²) in [6, 6.07) is 7.95. The lowest BCUT2D eigenvalue weighted by Gasteiger charge is -2.31. The van der Waals surface area contributed by atoms with E-state index in [9.17, 15) is 26.4 Å². The van der Waals surface area contributed by atoms with Gasteiger partial charge in [-0.15, -0.1) is 0 Å². The monoisotopic (exact) mass is 498 g/mol. The van der Waals surface area contributed by atoms with Gasteiger partial charge >= 0.3 is 6.18 Å². The topological polar surface area (TPSA) is 82.6 Å².